The van der Waals surface area contributed by atoms with Crippen LogP contribution < -0.4 is 4.80 Å². The van der Waals surface area contributed by atoms with Gasteiger partial charge in [-0.05, 0) is 24.3 Å². The lowest BCUT2D eigenvalue weighted by Gasteiger charge is -2.09. The van der Waals surface area contributed by atoms with E-state index in [4.69, 9.17) is 4.99 Å². The van der Waals surface area contributed by atoms with Crippen LogP contribution in [0.2, 0.25) is 0 Å². The molecule has 0 fully saturated rings. The molecule has 2 aromatic carbocycles. The van der Waals surface area contributed by atoms with Crippen molar-refractivity contribution >= 4 is 49.9 Å². The van der Waals surface area contributed by atoms with Crippen molar-refractivity contribution in [3.8, 4) is 11.3 Å². The highest BCUT2D eigenvalue weighted by atomic mass is 79.9. The van der Waals surface area contributed by atoms with E-state index in [-0.39, 0.29) is 17.0 Å². The lowest BCUT2D eigenvalue weighted by atomic mass is 10.2. The van der Waals surface area contributed by atoms with E-state index >= 15 is 0 Å². The molecule has 0 bridgehead atoms. The molecule has 0 aliphatic heterocycles. The number of benzene rings is 2. The second-order valence-electron chi connectivity index (χ2n) is 5.01. The van der Waals surface area contributed by atoms with E-state index in [0.717, 1.165) is 26.2 Å². The molecule has 0 N–H and O–H groups in total. The van der Waals surface area contributed by atoms with Crippen LogP contribution in [-0.2, 0) is 0 Å². The van der Waals surface area contributed by atoms with Crippen LogP contribution in [0.4, 0.5) is 5.69 Å². The predicted molar refractivity (Wildman–Crippen MR) is 108 cm³/mol. The quantitative estimate of drug-likeness (QED) is 0.428. The Bertz CT molecular complexity index is 1010. The fraction of sp³-hybridized carbons (Fsp3) is 0. The zero-order valence-electron chi connectivity index (χ0n) is 12.9. The van der Waals surface area contributed by atoms with Gasteiger partial charge in [0.05, 0.1) is 11.4 Å². The summed E-state index contributed by atoms with van der Waals surface area (Å²) >= 11 is 5.05. The van der Waals surface area contributed by atoms with Crippen LogP contribution in [0.25, 0.3) is 11.3 Å². The van der Waals surface area contributed by atoms with Crippen LogP contribution in [0, 0.1) is 0 Å². The van der Waals surface area contributed by atoms with E-state index in [9.17, 15) is 0 Å². The van der Waals surface area contributed by atoms with Crippen molar-refractivity contribution in [2.24, 2.45) is 4.99 Å². The van der Waals surface area contributed by atoms with E-state index in [1.54, 1.807) is 24.0 Å². The minimum absolute atomic E-state index is 0. The molecule has 0 amide bonds. The zero-order chi connectivity index (χ0) is 16.4. The zero-order valence-corrected chi connectivity index (χ0v) is 17.0. The molecule has 0 unspecified atom stereocenters. The topological polar surface area (TPSA) is 48.0 Å². The molecule has 126 valence electrons. The van der Waals surface area contributed by atoms with Gasteiger partial charge in [-0.3, -0.25) is 0 Å². The minimum Gasteiger partial charge on any atom is -0.221 e. The van der Waals surface area contributed by atoms with Crippen molar-refractivity contribution in [3.05, 3.63) is 81.9 Å². The van der Waals surface area contributed by atoms with Crippen LogP contribution in [-0.4, -0.2) is 19.5 Å². The van der Waals surface area contributed by atoms with Gasteiger partial charge in [0.25, 0.3) is 0 Å². The second kappa shape index (κ2) is 7.90. The van der Waals surface area contributed by atoms with Crippen molar-refractivity contribution < 1.29 is 0 Å². The van der Waals surface area contributed by atoms with Gasteiger partial charge in [-0.15, -0.1) is 38.5 Å². The van der Waals surface area contributed by atoms with Crippen molar-refractivity contribution in [2.45, 2.75) is 0 Å². The summed E-state index contributed by atoms with van der Waals surface area (Å²) in [6, 6.07) is 18.1. The number of nitrogens with zero attached hydrogens (tertiary/aromatic N) is 5. The van der Waals surface area contributed by atoms with Crippen molar-refractivity contribution in [2.75, 3.05) is 0 Å². The minimum atomic E-state index is 0. The maximum Gasteiger partial charge on any atom is 0.210 e. The molecule has 0 atom stereocenters. The number of thiazole rings is 1. The smallest absolute Gasteiger partial charge is 0.210 e. The Morgan fingerprint density at radius 1 is 0.920 bits per heavy atom. The normalized spacial score (nSPS) is 11.3. The molecule has 5 nitrogen and oxygen atoms in total. The highest BCUT2D eigenvalue weighted by molar-refractivity contribution is 9.10. The monoisotopic (exact) mass is 477 g/mol. The number of aromatic nitrogens is 4. The molecule has 4 aromatic rings. The van der Waals surface area contributed by atoms with Crippen LogP contribution >= 0.6 is 44.2 Å². The molecular formula is C17H13Br2N5S. The molecule has 25 heavy (non-hydrogen) atoms. The average Bonchev–Trinajstić information content (AvgIpc) is 3.26. The summed E-state index contributed by atoms with van der Waals surface area (Å²) in [5.41, 5.74) is 3.03. The molecule has 0 spiro atoms. The van der Waals surface area contributed by atoms with E-state index in [1.807, 2.05) is 51.8 Å². The van der Waals surface area contributed by atoms with Crippen LogP contribution in [0.5, 0.6) is 0 Å². The molecule has 0 saturated heterocycles. The van der Waals surface area contributed by atoms with Gasteiger partial charge in [-0.2, -0.15) is 0 Å². The summed E-state index contributed by atoms with van der Waals surface area (Å²) in [5, 5.41) is 9.93. The Kier molecular flexibility index (Phi) is 5.62. The molecule has 0 radical (unpaired) electrons. The largest absolute Gasteiger partial charge is 0.221 e. The SMILES string of the molecule is Br.Brc1ccc(-c2csc(=Nc3ccccc3)n2-n2cnnc2)cc1. The highest BCUT2D eigenvalue weighted by Crippen LogP contribution is 2.23. The van der Waals surface area contributed by atoms with E-state index < -0.39 is 0 Å². The average molecular weight is 479 g/mol. The Hall–Kier alpha value is -2.03. The lowest BCUT2D eigenvalue weighted by Crippen LogP contribution is -2.21. The molecule has 0 saturated carbocycles. The first kappa shape index (κ1) is 17.8. The summed E-state index contributed by atoms with van der Waals surface area (Å²) in [7, 11) is 0. The van der Waals surface area contributed by atoms with Gasteiger partial charge >= 0.3 is 0 Å². The Balaban J connectivity index is 0.00000182. The maximum absolute atomic E-state index is 4.76. The molecule has 4 rings (SSSR count). The fourth-order valence-corrected chi connectivity index (χ4v) is 3.50. The van der Waals surface area contributed by atoms with Crippen LogP contribution in [0.1, 0.15) is 0 Å². The van der Waals surface area contributed by atoms with Gasteiger partial charge in [0, 0.05) is 15.4 Å². The van der Waals surface area contributed by atoms with Crippen molar-refractivity contribution in [1.29, 1.82) is 0 Å². The number of para-hydroxylation sites is 1. The van der Waals surface area contributed by atoms with Gasteiger partial charge < -0.3 is 0 Å². The number of hydrogen-bond acceptors (Lipinski definition) is 4. The number of hydrogen-bond donors (Lipinski definition) is 0. The van der Waals surface area contributed by atoms with Crippen molar-refractivity contribution in [1.82, 2.24) is 19.5 Å². The molecule has 0 aliphatic rings. The first-order valence-corrected chi connectivity index (χ1v) is 8.90. The van der Waals surface area contributed by atoms with Crippen LogP contribution in [0.3, 0.4) is 0 Å². The van der Waals surface area contributed by atoms with E-state index in [1.165, 1.54) is 0 Å². The number of rotatable bonds is 3. The van der Waals surface area contributed by atoms with Gasteiger partial charge in [-0.1, -0.05) is 46.3 Å². The third-order valence-corrected chi connectivity index (χ3v) is 4.79. The molecule has 0 aliphatic carbocycles. The third kappa shape index (κ3) is 3.81. The van der Waals surface area contributed by atoms with E-state index in [0.29, 0.717) is 0 Å². The molecule has 2 heterocycles. The number of halogens is 2. The highest BCUT2D eigenvalue weighted by Gasteiger charge is 2.10. The Morgan fingerprint density at radius 3 is 2.28 bits per heavy atom. The predicted octanol–water partition coefficient (Wildman–Crippen LogP) is 4.69. The van der Waals surface area contributed by atoms with E-state index in [2.05, 4.69) is 43.6 Å². The Labute approximate surface area is 167 Å². The lowest BCUT2D eigenvalue weighted by molar-refractivity contribution is 0.642. The summed E-state index contributed by atoms with van der Waals surface area (Å²) in [5.74, 6) is 0. The summed E-state index contributed by atoms with van der Waals surface area (Å²) < 4.78 is 4.88. The maximum atomic E-state index is 4.76. The van der Waals surface area contributed by atoms with Gasteiger partial charge in [0.15, 0.2) is 0 Å². The summed E-state index contributed by atoms with van der Waals surface area (Å²) in [6.45, 7) is 0. The standard InChI is InChI=1S/C17H12BrN5S.BrH/c18-14-8-6-13(7-9-14)16-10-24-17(21-15-4-2-1-3-5-15)23(16)22-11-19-20-12-22;/h1-12H;1H. The first-order valence-electron chi connectivity index (χ1n) is 7.23. The molecular weight excluding hydrogens is 466 g/mol. The first-order chi connectivity index (χ1) is 11.8. The van der Waals surface area contributed by atoms with Gasteiger partial charge in [0.1, 0.15) is 12.7 Å². The third-order valence-electron chi connectivity index (χ3n) is 3.44. The Morgan fingerprint density at radius 2 is 1.60 bits per heavy atom. The summed E-state index contributed by atoms with van der Waals surface area (Å²) in [6.07, 6.45) is 3.33. The molecule has 8 heteroatoms. The molecule has 2 aromatic heterocycles. The van der Waals surface area contributed by atoms with Gasteiger partial charge in [-0.25, -0.2) is 14.3 Å². The summed E-state index contributed by atoms with van der Waals surface area (Å²) in [4.78, 5) is 5.60. The second-order valence-corrected chi connectivity index (χ2v) is 6.76. The fourth-order valence-electron chi connectivity index (χ4n) is 2.33. The van der Waals surface area contributed by atoms with Gasteiger partial charge in [0.2, 0.25) is 4.80 Å². The van der Waals surface area contributed by atoms with Crippen molar-refractivity contribution in [3.63, 3.8) is 0 Å². The van der Waals surface area contributed by atoms with Crippen LogP contribution in [0.15, 0.2) is 82.1 Å².